The van der Waals surface area contributed by atoms with Crippen LogP contribution in [0.3, 0.4) is 0 Å². The molecule has 0 spiro atoms. The Kier molecular flexibility index (Phi) is 2.54. The molecule has 1 aromatic heterocycles. The van der Waals surface area contributed by atoms with Gasteiger partial charge in [0, 0.05) is 5.92 Å². The van der Waals surface area contributed by atoms with Gasteiger partial charge in [0.25, 0.3) is 0 Å². The average molecular weight is 195 g/mol. The predicted octanol–water partition coefficient (Wildman–Crippen LogP) is 1.86. The molecule has 0 aromatic carbocycles. The van der Waals surface area contributed by atoms with E-state index >= 15 is 0 Å². The summed E-state index contributed by atoms with van der Waals surface area (Å²) >= 11 is 0. The third-order valence-corrected chi connectivity index (χ3v) is 2.95. The molecule has 4 heteroatoms. The smallest absolute Gasteiger partial charge is 0.243 e. The van der Waals surface area contributed by atoms with Crippen molar-refractivity contribution in [1.82, 2.24) is 15.5 Å². The lowest BCUT2D eigenvalue weighted by molar-refractivity contribution is 0.331. The molecule has 1 aliphatic carbocycles. The van der Waals surface area contributed by atoms with Crippen LogP contribution >= 0.6 is 0 Å². The second-order valence-electron chi connectivity index (χ2n) is 4.06. The van der Waals surface area contributed by atoms with E-state index in [1.807, 2.05) is 7.05 Å². The summed E-state index contributed by atoms with van der Waals surface area (Å²) in [6.45, 7) is 4.32. The first kappa shape index (κ1) is 9.65. The van der Waals surface area contributed by atoms with Gasteiger partial charge in [-0.15, -0.1) is 0 Å². The van der Waals surface area contributed by atoms with Gasteiger partial charge in [-0.3, -0.25) is 0 Å². The average Bonchev–Trinajstić information content (AvgIpc) is 2.74. The summed E-state index contributed by atoms with van der Waals surface area (Å²) in [7, 11) is 1.91. The van der Waals surface area contributed by atoms with Gasteiger partial charge in [-0.25, -0.2) is 0 Å². The lowest BCUT2D eigenvalue weighted by Crippen LogP contribution is -2.15. The quantitative estimate of drug-likeness (QED) is 0.796. The molecule has 3 unspecified atom stereocenters. The molecular formula is C10H17N3O. The minimum Gasteiger partial charge on any atom is -0.338 e. The van der Waals surface area contributed by atoms with E-state index in [1.54, 1.807) is 0 Å². The van der Waals surface area contributed by atoms with Gasteiger partial charge in [0.05, 0.1) is 6.04 Å². The summed E-state index contributed by atoms with van der Waals surface area (Å²) < 4.78 is 5.23. The van der Waals surface area contributed by atoms with E-state index in [1.165, 1.54) is 6.42 Å². The van der Waals surface area contributed by atoms with Gasteiger partial charge in [0.1, 0.15) is 0 Å². The molecule has 78 valence electrons. The van der Waals surface area contributed by atoms with Crippen LogP contribution in [0.25, 0.3) is 0 Å². The van der Waals surface area contributed by atoms with Gasteiger partial charge in [-0.2, -0.15) is 4.98 Å². The van der Waals surface area contributed by atoms with Crippen molar-refractivity contribution in [3.05, 3.63) is 11.7 Å². The van der Waals surface area contributed by atoms with Crippen LogP contribution in [0, 0.1) is 5.92 Å². The van der Waals surface area contributed by atoms with Crippen molar-refractivity contribution in [3.63, 3.8) is 0 Å². The summed E-state index contributed by atoms with van der Waals surface area (Å²) in [4.78, 5) is 4.42. The van der Waals surface area contributed by atoms with E-state index in [0.29, 0.717) is 5.92 Å². The van der Waals surface area contributed by atoms with Crippen molar-refractivity contribution in [2.75, 3.05) is 7.05 Å². The highest BCUT2D eigenvalue weighted by Gasteiger charge is 2.38. The number of nitrogens with zero attached hydrogens (tertiary/aromatic N) is 2. The van der Waals surface area contributed by atoms with Gasteiger partial charge < -0.3 is 9.84 Å². The fraction of sp³-hybridized carbons (Fsp3) is 0.800. The standard InChI is InChI=1S/C10H17N3O/c1-4-8(11-3)10-12-9(13-14-10)7-5-6(7)2/h6-8,11H,4-5H2,1-3H3. The van der Waals surface area contributed by atoms with Gasteiger partial charge in [0.2, 0.25) is 5.89 Å². The van der Waals surface area contributed by atoms with Gasteiger partial charge in [0.15, 0.2) is 5.82 Å². The molecule has 0 saturated heterocycles. The molecule has 3 atom stereocenters. The van der Waals surface area contributed by atoms with E-state index in [2.05, 4.69) is 29.3 Å². The molecule has 1 fully saturated rings. The SMILES string of the molecule is CCC(NC)c1nc(C2CC2C)no1. The lowest BCUT2D eigenvalue weighted by atomic mass is 10.2. The third kappa shape index (κ3) is 1.66. The maximum Gasteiger partial charge on any atom is 0.243 e. The molecule has 2 rings (SSSR count). The molecule has 0 radical (unpaired) electrons. The van der Waals surface area contributed by atoms with Crippen molar-refractivity contribution in [2.24, 2.45) is 5.92 Å². The number of nitrogens with one attached hydrogen (secondary N) is 1. The van der Waals surface area contributed by atoms with Crippen molar-refractivity contribution < 1.29 is 4.52 Å². The third-order valence-electron chi connectivity index (χ3n) is 2.95. The minimum atomic E-state index is 0.199. The molecule has 4 nitrogen and oxygen atoms in total. The van der Waals surface area contributed by atoms with Crippen molar-refractivity contribution in [1.29, 1.82) is 0 Å². The van der Waals surface area contributed by atoms with Crippen LogP contribution in [0.2, 0.25) is 0 Å². The van der Waals surface area contributed by atoms with Crippen LogP contribution in [0.5, 0.6) is 0 Å². The van der Waals surface area contributed by atoms with Crippen LogP contribution < -0.4 is 5.32 Å². The first-order valence-electron chi connectivity index (χ1n) is 5.27. The van der Waals surface area contributed by atoms with Gasteiger partial charge >= 0.3 is 0 Å². The van der Waals surface area contributed by atoms with Gasteiger partial charge in [-0.05, 0) is 25.8 Å². The highest BCUT2D eigenvalue weighted by Crippen LogP contribution is 2.45. The Balaban J connectivity index is 2.09. The molecule has 0 bridgehead atoms. The fourth-order valence-corrected chi connectivity index (χ4v) is 1.72. The molecule has 1 aromatic rings. The molecule has 14 heavy (non-hydrogen) atoms. The predicted molar refractivity (Wildman–Crippen MR) is 52.9 cm³/mol. The van der Waals surface area contributed by atoms with Crippen molar-refractivity contribution in [3.8, 4) is 0 Å². The molecular weight excluding hydrogens is 178 g/mol. The van der Waals surface area contributed by atoms with Crippen LogP contribution in [0.15, 0.2) is 4.52 Å². The minimum absolute atomic E-state index is 0.199. The van der Waals surface area contributed by atoms with Crippen LogP contribution in [0.1, 0.15) is 50.4 Å². The Morgan fingerprint density at radius 3 is 2.86 bits per heavy atom. The Labute approximate surface area is 84.1 Å². The molecule has 1 aliphatic rings. The van der Waals surface area contributed by atoms with Crippen LogP contribution in [-0.4, -0.2) is 17.2 Å². The summed E-state index contributed by atoms with van der Waals surface area (Å²) in [5.41, 5.74) is 0. The number of hydrogen-bond donors (Lipinski definition) is 1. The Morgan fingerprint density at radius 2 is 2.36 bits per heavy atom. The summed E-state index contributed by atoms with van der Waals surface area (Å²) in [6, 6.07) is 0.199. The zero-order valence-corrected chi connectivity index (χ0v) is 8.95. The van der Waals surface area contributed by atoms with E-state index < -0.39 is 0 Å². The molecule has 0 aliphatic heterocycles. The first-order valence-corrected chi connectivity index (χ1v) is 5.27. The zero-order valence-electron chi connectivity index (χ0n) is 8.95. The maximum atomic E-state index is 5.23. The second kappa shape index (κ2) is 3.69. The van der Waals surface area contributed by atoms with Crippen LogP contribution in [-0.2, 0) is 0 Å². The summed E-state index contributed by atoms with van der Waals surface area (Å²) in [5.74, 6) is 2.89. The molecule has 1 heterocycles. The summed E-state index contributed by atoms with van der Waals surface area (Å²) in [6.07, 6.45) is 2.17. The van der Waals surface area contributed by atoms with E-state index in [4.69, 9.17) is 4.52 Å². The largest absolute Gasteiger partial charge is 0.338 e. The first-order chi connectivity index (χ1) is 6.76. The van der Waals surface area contributed by atoms with Crippen molar-refractivity contribution >= 4 is 0 Å². The van der Waals surface area contributed by atoms with Crippen LogP contribution in [0.4, 0.5) is 0 Å². The highest BCUT2D eigenvalue weighted by atomic mass is 16.5. The normalized spacial score (nSPS) is 27.6. The lowest BCUT2D eigenvalue weighted by Gasteiger charge is -2.06. The number of aromatic nitrogens is 2. The van der Waals surface area contributed by atoms with E-state index in [-0.39, 0.29) is 6.04 Å². The number of hydrogen-bond acceptors (Lipinski definition) is 4. The molecule has 1 N–H and O–H groups in total. The van der Waals surface area contributed by atoms with Gasteiger partial charge in [-0.1, -0.05) is 19.0 Å². The highest BCUT2D eigenvalue weighted by molar-refractivity contribution is 5.08. The molecule has 1 saturated carbocycles. The van der Waals surface area contributed by atoms with Crippen molar-refractivity contribution in [2.45, 2.75) is 38.6 Å². The summed E-state index contributed by atoms with van der Waals surface area (Å²) in [5, 5.41) is 7.17. The Morgan fingerprint density at radius 1 is 1.64 bits per heavy atom. The number of rotatable bonds is 4. The Hall–Kier alpha value is -0.900. The maximum absolute atomic E-state index is 5.23. The monoisotopic (exact) mass is 195 g/mol. The van der Waals surface area contributed by atoms with E-state index in [9.17, 15) is 0 Å². The zero-order chi connectivity index (χ0) is 10.1. The fourth-order valence-electron chi connectivity index (χ4n) is 1.72. The molecule has 0 amide bonds. The second-order valence-corrected chi connectivity index (χ2v) is 4.06. The Bertz CT molecular complexity index is 306. The topological polar surface area (TPSA) is 51.0 Å². The van der Waals surface area contributed by atoms with E-state index in [0.717, 1.165) is 24.1 Å².